The highest BCUT2D eigenvalue weighted by molar-refractivity contribution is 5.93. The van der Waals surface area contributed by atoms with E-state index in [2.05, 4.69) is 9.88 Å². The Morgan fingerprint density at radius 2 is 1.97 bits per heavy atom. The van der Waals surface area contributed by atoms with Crippen molar-refractivity contribution >= 4 is 35.0 Å². The van der Waals surface area contributed by atoms with Crippen LogP contribution in [-0.4, -0.2) is 61.4 Å². The lowest BCUT2D eigenvalue weighted by Crippen LogP contribution is -2.52. The molecule has 1 unspecified atom stereocenters. The lowest BCUT2D eigenvalue weighted by atomic mass is 10.0. The molecule has 4 rings (SSSR count). The number of aliphatic hydroxyl groups is 1. The number of hydrogen-bond acceptors (Lipinski definition) is 7. The molecule has 2 aromatic heterocycles. The molecule has 0 spiro atoms. The first kappa shape index (κ1) is 28.3. The summed E-state index contributed by atoms with van der Waals surface area (Å²) in [7, 11) is 0. The molecule has 9 nitrogen and oxygen atoms in total. The number of carboxylic acid groups (broad SMARTS) is 1. The molecule has 1 fully saturated rings. The first-order valence-electron chi connectivity index (χ1n) is 11.6. The summed E-state index contributed by atoms with van der Waals surface area (Å²) in [4.78, 5) is 31.9. The molecular formula is C25H29ClF2N4O5. The van der Waals surface area contributed by atoms with Crippen LogP contribution in [0.15, 0.2) is 23.3 Å². The SMILES string of the molecule is CCn1cc(C(=O)O)c(=O)c2cc(F)c(N3CCN(Cc4cnc(C)c(O)c4CO)C(C)C3)c(F)c21.Cl. The number of aromatic hydroxyl groups is 1. The zero-order chi connectivity index (χ0) is 26.3. The Morgan fingerprint density at radius 1 is 1.27 bits per heavy atom. The van der Waals surface area contributed by atoms with Crippen LogP contribution < -0.4 is 10.3 Å². The Bertz CT molecular complexity index is 1410. The van der Waals surface area contributed by atoms with E-state index in [0.29, 0.717) is 29.9 Å². The molecule has 1 aliphatic rings. The number of aromatic nitrogens is 2. The number of aliphatic hydroxyl groups excluding tert-OH is 1. The first-order chi connectivity index (χ1) is 17.1. The van der Waals surface area contributed by atoms with E-state index in [1.54, 1.807) is 24.9 Å². The molecule has 3 N–H and O–H groups in total. The lowest BCUT2D eigenvalue weighted by molar-refractivity contribution is 0.0694. The summed E-state index contributed by atoms with van der Waals surface area (Å²) in [5.74, 6) is -3.34. The van der Waals surface area contributed by atoms with Gasteiger partial charge in [-0.05, 0) is 32.4 Å². The van der Waals surface area contributed by atoms with E-state index in [9.17, 15) is 24.9 Å². The second kappa shape index (κ2) is 11.0. The van der Waals surface area contributed by atoms with Crippen molar-refractivity contribution in [2.45, 2.75) is 46.5 Å². The Hall–Kier alpha value is -3.28. The van der Waals surface area contributed by atoms with Crippen molar-refractivity contribution in [1.29, 1.82) is 0 Å². The average Bonchev–Trinajstić information content (AvgIpc) is 2.83. The fourth-order valence-electron chi connectivity index (χ4n) is 4.82. The number of aromatic carboxylic acids is 1. The summed E-state index contributed by atoms with van der Waals surface area (Å²) in [6, 6.07) is 0.769. The number of halogens is 3. The molecule has 200 valence electrons. The summed E-state index contributed by atoms with van der Waals surface area (Å²) in [5.41, 5.74) is -0.371. The molecular weight excluding hydrogens is 510 g/mol. The standard InChI is InChI=1S/C25H28F2N4O5.ClH/c1-4-29-11-17(25(35)36)24(34)16-7-19(26)22(20(27)21(16)29)31-6-5-30(13(2)9-31)10-15-8-28-14(3)23(33)18(15)12-32;/h7-8,11,13,32-33H,4-6,9-10,12H2,1-3H3,(H,35,36);1H. The van der Waals surface area contributed by atoms with E-state index >= 15 is 8.78 Å². The molecule has 0 aliphatic carbocycles. The second-order valence-electron chi connectivity index (χ2n) is 9.00. The van der Waals surface area contributed by atoms with Crippen LogP contribution in [0.3, 0.4) is 0 Å². The number of aryl methyl sites for hydroxylation is 2. The Balaban J connectivity index is 0.00000380. The lowest BCUT2D eigenvalue weighted by Gasteiger charge is -2.41. The molecule has 1 aromatic carbocycles. The molecule has 0 bridgehead atoms. The number of pyridine rings is 2. The number of carboxylic acids is 1. The first-order valence-corrected chi connectivity index (χ1v) is 11.6. The molecule has 0 radical (unpaired) electrons. The van der Waals surface area contributed by atoms with Gasteiger partial charge in [0.15, 0.2) is 5.82 Å². The fraction of sp³-hybridized carbons (Fsp3) is 0.400. The van der Waals surface area contributed by atoms with Crippen LogP contribution in [-0.2, 0) is 19.7 Å². The van der Waals surface area contributed by atoms with Crippen molar-refractivity contribution in [3.63, 3.8) is 0 Å². The minimum Gasteiger partial charge on any atom is -0.506 e. The van der Waals surface area contributed by atoms with Gasteiger partial charge in [0.05, 0.1) is 23.2 Å². The predicted molar refractivity (Wildman–Crippen MR) is 137 cm³/mol. The van der Waals surface area contributed by atoms with Crippen LogP contribution in [0.5, 0.6) is 5.75 Å². The average molecular weight is 539 g/mol. The van der Waals surface area contributed by atoms with Gasteiger partial charge in [-0.2, -0.15) is 0 Å². The van der Waals surface area contributed by atoms with Crippen molar-refractivity contribution in [2.24, 2.45) is 0 Å². The third-order valence-electron chi connectivity index (χ3n) is 6.84. The van der Waals surface area contributed by atoms with Crippen molar-refractivity contribution < 1.29 is 28.9 Å². The van der Waals surface area contributed by atoms with E-state index in [1.165, 1.54) is 4.57 Å². The molecule has 37 heavy (non-hydrogen) atoms. The number of rotatable bonds is 6. The predicted octanol–water partition coefficient (Wildman–Crippen LogP) is 3.03. The number of carbonyl (C=O) groups is 1. The van der Waals surface area contributed by atoms with Crippen molar-refractivity contribution in [1.82, 2.24) is 14.5 Å². The number of fused-ring (bicyclic) bond motifs is 1. The van der Waals surface area contributed by atoms with Crippen molar-refractivity contribution in [3.05, 3.63) is 62.7 Å². The van der Waals surface area contributed by atoms with Crippen molar-refractivity contribution in [3.8, 4) is 5.75 Å². The van der Waals surface area contributed by atoms with Gasteiger partial charge < -0.3 is 24.8 Å². The van der Waals surface area contributed by atoms with Gasteiger partial charge in [-0.1, -0.05) is 0 Å². The molecule has 3 heterocycles. The monoisotopic (exact) mass is 538 g/mol. The molecule has 0 amide bonds. The van der Waals surface area contributed by atoms with Crippen LogP contribution in [0.2, 0.25) is 0 Å². The van der Waals surface area contributed by atoms with Crippen LogP contribution in [0, 0.1) is 18.6 Å². The van der Waals surface area contributed by atoms with Gasteiger partial charge in [0.25, 0.3) is 0 Å². The third-order valence-corrected chi connectivity index (χ3v) is 6.84. The van der Waals surface area contributed by atoms with Crippen LogP contribution in [0.1, 0.15) is 41.0 Å². The number of benzene rings is 1. The van der Waals surface area contributed by atoms with E-state index < -0.39 is 28.6 Å². The van der Waals surface area contributed by atoms with Gasteiger partial charge in [-0.25, -0.2) is 13.6 Å². The number of piperazine rings is 1. The quantitative estimate of drug-likeness (QED) is 0.438. The van der Waals surface area contributed by atoms with Gasteiger partial charge in [-0.15, -0.1) is 12.4 Å². The molecule has 0 saturated carbocycles. The maximum Gasteiger partial charge on any atom is 0.341 e. The summed E-state index contributed by atoms with van der Waals surface area (Å²) >= 11 is 0. The van der Waals surface area contributed by atoms with E-state index in [4.69, 9.17) is 0 Å². The Labute approximate surface area is 218 Å². The van der Waals surface area contributed by atoms with Gasteiger partial charge in [0, 0.05) is 56.7 Å². The summed E-state index contributed by atoms with van der Waals surface area (Å²) in [5, 5.41) is 28.9. The maximum absolute atomic E-state index is 15.8. The summed E-state index contributed by atoms with van der Waals surface area (Å²) < 4.78 is 32.3. The van der Waals surface area contributed by atoms with E-state index in [1.807, 2.05) is 6.92 Å². The maximum atomic E-state index is 15.8. The molecule has 3 aromatic rings. The van der Waals surface area contributed by atoms with Gasteiger partial charge in [0.2, 0.25) is 5.43 Å². The van der Waals surface area contributed by atoms with Gasteiger partial charge >= 0.3 is 5.97 Å². The van der Waals surface area contributed by atoms with Crippen LogP contribution in [0.25, 0.3) is 10.9 Å². The van der Waals surface area contributed by atoms with Crippen LogP contribution in [0.4, 0.5) is 14.5 Å². The zero-order valence-corrected chi connectivity index (χ0v) is 21.5. The van der Waals surface area contributed by atoms with Gasteiger partial charge in [0.1, 0.15) is 22.8 Å². The fourth-order valence-corrected chi connectivity index (χ4v) is 4.82. The Kier molecular flexibility index (Phi) is 8.41. The molecule has 12 heteroatoms. The van der Waals surface area contributed by atoms with E-state index in [0.717, 1.165) is 12.3 Å². The number of hydrogen-bond donors (Lipinski definition) is 3. The zero-order valence-electron chi connectivity index (χ0n) is 20.7. The summed E-state index contributed by atoms with van der Waals surface area (Å²) in [6.07, 6.45) is 2.69. The molecule has 1 atom stereocenters. The third kappa shape index (κ3) is 4.98. The highest BCUT2D eigenvalue weighted by Crippen LogP contribution is 2.32. The highest BCUT2D eigenvalue weighted by Gasteiger charge is 2.30. The highest BCUT2D eigenvalue weighted by atomic mass is 35.5. The number of anilines is 1. The molecule has 1 saturated heterocycles. The Morgan fingerprint density at radius 3 is 2.57 bits per heavy atom. The van der Waals surface area contributed by atoms with Crippen LogP contribution >= 0.6 is 12.4 Å². The minimum atomic E-state index is -1.46. The number of nitrogens with zero attached hydrogens (tertiary/aromatic N) is 4. The minimum absolute atomic E-state index is 0. The normalized spacial score (nSPS) is 16.2. The van der Waals surface area contributed by atoms with Gasteiger partial charge in [-0.3, -0.25) is 14.7 Å². The topological polar surface area (TPSA) is 119 Å². The largest absolute Gasteiger partial charge is 0.506 e. The van der Waals surface area contributed by atoms with Crippen molar-refractivity contribution in [2.75, 3.05) is 24.5 Å². The summed E-state index contributed by atoms with van der Waals surface area (Å²) in [6.45, 7) is 6.48. The molecule has 1 aliphatic heterocycles. The van der Waals surface area contributed by atoms with E-state index in [-0.39, 0.29) is 67.0 Å². The smallest absolute Gasteiger partial charge is 0.341 e. The second-order valence-corrected chi connectivity index (χ2v) is 9.00.